The van der Waals surface area contributed by atoms with Crippen LogP contribution in [0.4, 0.5) is 0 Å². The van der Waals surface area contributed by atoms with Crippen molar-refractivity contribution in [1.29, 1.82) is 0 Å². The molecule has 0 saturated heterocycles. The Morgan fingerprint density at radius 2 is 2.28 bits per heavy atom. The normalized spacial score (nSPS) is 12.9. The van der Waals surface area contributed by atoms with Gasteiger partial charge in [-0.05, 0) is 12.1 Å². The molecule has 0 aliphatic rings. The number of aromatic nitrogens is 2. The molecule has 1 atom stereocenters. The number of carboxylic acids is 1. The molecule has 0 spiro atoms. The molecule has 1 unspecified atom stereocenters. The van der Waals surface area contributed by atoms with E-state index in [0.29, 0.717) is 16.6 Å². The zero-order valence-corrected chi connectivity index (χ0v) is 10.0. The minimum absolute atomic E-state index is 0.144. The fourth-order valence-electron chi connectivity index (χ4n) is 1.49. The molecular weight excluding hydrogens is 257 g/mol. The van der Waals surface area contributed by atoms with Crippen molar-refractivity contribution in [2.45, 2.75) is 0 Å². The van der Waals surface area contributed by atoms with Gasteiger partial charge >= 0.3 is 5.97 Å². The lowest BCUT2D eigenvalue weighted by Crippen LogP contribution is -1.97. The van der Waals surface area contributed by atoms with Crippen molar-refractivity contribution in [3.63, 3.8) is 0 Å². The number of carboxylic acid groups (broad SMARTS) is 1. The van der Waals surface area contributed by atoms with E-state index in [9.17, 15) is 9.36 Å². The Kier molecular flexibility index (Phi) is 3.45. The number of nitrogens with one attached hydrogen (secondary N) is 2. The summed E-state index contributed by atoms with van der Waals surface area (Å²) in [4.78, 5) is 26.0. The van der Waals surface area contributed by atoms with Crippen LogP contribution in [0.5, 0.6) is 0 Å². The Hall–Kier alpha value is -2.11. The standard InChI is InChI=1S/C10H10N3O4P/c14-10(15)9-12-7-3-1-2-6(8(7)13-9)4-5-11-18(16)17/h1-5,18H,(H,12,13)(H,14,15)(H2,11,16,17)/b5-4+. The van der Waals surface area contributed by atoms with Gasteiger partial charge in [0.2, 0.25) is 5.82 Å². The molecule has 8 heteroatoms. The third kappa shape index (κ3) is 2.58. The van der Waals surface area contributed by atoms with Gasteiger partial charge in [-0.25, -0.2) is 9.78 Å². The van der Waals surface area contributed by atoms with Crippen molar-refractivity contribution in [3.05, 3.63) is 35.8 Å². The summed E-state index contributed by atoms with van der Waals surface area (Å²) in [6, 6.07) is 5.16. The highest BCUT2D eigenvalue weighted by atomic mass is 31.1. The van der Waals surface area contributed by atoms with Gasteiger partial charge in [0.05, 0.1) is 11.0 Å². The largest absolute Gasteiger partial charge is 0.475 e. The summed E-state index contributed by atoms with van der Waals surface area (Å²) in [5, 5.41) is 11.1. The van der Waals surface area contributed by atoms with Crippen molar-refractivity contribution in [1.82, 2.24) is 15.1 Å². The van der Waals surface area contributed by atoms with E-state index < -0.39 is 14.1 Å². The first-order valence-corrected chi connectivity index (χ1v) is 6.31. The maximum atomic E-state index is 10.8. The van der Waals surface area contributed by atoms with Gasteiger partial charge in [0.25, 0.3) is 8.18 Å². The van der Waals surface area contributed by atoms with Gasteiger partial charge in [0, 0.05) is 11.8 Å². The van der Waals surface area contributed by atoms with E-state index >= 15 is 0 Å². The molecule has 2 aromatic rings. The van der Waals surface area contributed by atoms with Crippen LogP contribution >= 0.6 is 8.18 Å². The van der Waals surface area contributed by atoms with Crippen molar-refractivity contribution in [3.8, 4) is 0 Å². The van der Waals surface area contributed by atoms with E-state index in [2.05, 4.69) is 15.1 Å². The summed E-state index contributed by atoms with van der Waals surface area (Å²) >= 11 is 0. The average Bonchev–Trinajstić information content (AvgIpc) is 2.73. The summed E-state index contributed by atoms with van der Waals surface area (Å²) in [6.07, 6.45) is 2.87. The van der Waals surface area contributed by atoms with Crippen molar-refractivity contribution >= 4 is 31.3 Å². The number of imidazole rings is 1. The molecule has 7 nitrogen and oxygen atoms in total. The maximum absolute atomic E-state index is 10.8. The van der Waals surface area contributed by atoms with E-state index in [1.165, 1.54) is 6.20 Å². The third-order valence-electron chi connectivity index (χ3n) is 2.22. The van der Waals surface area contributed by atoms with Crippen molar-refractivity contribution in [2.24, 2.45) is 0 Å². The van der Waals surface area contributed by atoms with Gasteiger partial charge in [-0.2, -0.15) is 0 Å². The number of para-hydroxylation sites is 1. The Morgan fingerprint density at radius 3 is 2.94 bits per heavy atom. The number of aromatic amines is 1. The quantitative estimate of drug-likeness (QED) is 0.619. The summed E-state index contributed by atoms with van der Waals surface area (Å²) in [5.41, 5.74) is 1.73. The number of aromatic carboxylic acids is 1. The second-order valence-electron chi connectivity index (χ2n) is 3.42. The lowest BCUT2D eigenvalue weighted by Gasteiger charge is -1.95. The SMILES string of the molecule is O=C(O)c1nc2c(/C=C/N[PH](=O)O)cccc2[nH]1. The predicted molar refractivity (Wildman–Crippen MR) is 66.4 cm³/mol. The van der Waals surface area contributed by atoms with E-state index in [1.807, 2.05) is 0 Å². The van der Waals surface area contributed by atoms with Crippen LogP contribution in [-0.2, 0) is 4.57 Å². The van der Waals surface area contributed by atoms with E-state index in [4.69, 9.17) is 10.00 Å². The summed E-state index contributed by atoms with van der Waals surface area (Å²) in [6.45, 7) is 0. The summed E-state index contributed by atoms with van der Waals surface area (Å²) in [5.74, 6) is -1.28. The van der Waals surface area contributed by atoms with Crippen LogP contribution in [0.15, 0.2) is 24.4 Å². The number of carbonyl (C=O) groups is 1. The van der Waals surface area contributed by atoms with Crippen LogP contribution in [0.25, 0.3) is 17.1 Å². The Balaban J connectivity index is 2.41. The van der Waals surface area contributed by atoms with Gasteiger partial charge in [-0.1, -0.05) is 12.1 Å². The molecule has 1 aromatic carbocycles. The summed E-state index contributed by atoms with van der Waals surface area (Å²) < 4.78 is 10.5. The smallest absolute Gasteiger partial charge is 0.371 e. The lowest BCUT2D eigenvalue weighted by atomic mass is 10.2. The first kappa shape index (κ1) is 12.3. The molecule has 0 saturated carbocycles. The first-order chi connectivity index (χ1) is 8.58. The number of hydrogen-bond donors (Lipinski definition) is 4. The van der Waals surface area contributed by atoms with Crippen molar-refractivity contribution < 1.29 is 19.4 Å². The van der Waals surface area contributed by atoms with E-state index in [0.717, 1.165) is 0 Å². The van der Waals surface area contributed by atoms with Crippen LogP contribution in [0, 0.1) is 0 Å². The first-order valence-electron chi connectivity index (χ1n) is 4.96. The number of H-pyrrole nitrogens is 1. The third-order valence-corrected chi connectivity index (χ3v) is 2.63. The number of hydrogen-bond acceptors (Lipinski definition) is 3. The molecule has 2 rings (SSSR count). The van der Waals surface area contributed by atoms with Gasteiger partial charge in [-0.3, -0.25) is 4.57 Å². The topological polar surface area (TPSA) is 115 Å². The van der Waals surface area contributed by atoms with Gasteiger partial charge in [-0.15, -0.1) is 0 Å². The van der Waals surface area contributed by atoms with Crippen LogP contribution in [0.3, 0.4) is 0 Å². The minimum atomic E-state index is -2.77. The Bertz CT molecular complexity index is 650. The van der Waals surface area contributed by atoms with Crippen molar-refractivity contribution in [2.75, 3.05) is 0 Å². The van der Waals surface area contributed by atoms with Gasteiger partial charge in [0.15, 0.2) is 0 Å². The Morgan fingerprint density at radius 1 is 1.50 bits per heavy atom. The van der Waals surface area contributed by atoms with Crippen LogP contribution in [-0.4, -0.2) is 25.9 Å². The fraction of sp³-hybridized carbons (Fsp3) is 0. The maximum Gasteiger partial charge on any atom is 0.371 e. The highest BCUT2D eigenvalue weighted by Crippen LogP contribution is 2.18. The zero-order chi connectivity index (χ0) is 13.1. The van der Waals surface area contributed by atoms with Crippen LogP contribution < -0.4 is 5.09 Å². The molecule has 0 bridgehead atoms. The molecule has 0 amide bonds. The Labute approximate surface area is 102 Å². The monoisotopic (exact) mass is 267 g/mol. The second-order valence-corrected chi connectivity index (χ2v) is 4.32. The molecule has 1 heterocycles. The molecule has 18 heavy (non-hydrogen) atoms. The zero-order valence-electron chi connectivity index (χ0n) is 9.04. The van der Waals surface area contributed by atoms with E-state index in [-0.39, 0.29) is 5.82 Å². The molecule has 0 aliphatic heterocycles. The lowest BCUT2D eigenvalue weighted by molar-refractivity contribution is 0.0685. The van der Waals surface area contributed by atoms with Gasteiger partial charge < -0.3 is 20.1 Å². The number of nitrogens with zero attached hydrogens (tertiary/aromatic N) is 1. The molecular formula is C10H10N3O4P. The molecule has 0 fully saturated rings. The minimum Gasteiger partial charge on any atom is -0.475 e. The predicted octanol–water partition coefficient (Wildman–Crippen LogP) is 1.20. The molecule has 4 N–H and O–H groups in total. The summed E-state index contributed by atoms with van der Waals surface area (Å²) in [7, 11) is -2.77. The molecule has 1 aromatic heterocycles. The number of fused-ring (bicyclic) bond motifs is 1. The average molecular weight is 267 g/mol. The highest BCUT2D eigenvalue weighted by Gasteiger charge is 2.10. The molecule has 0 aliphatic carbocycles. The molecule has 94 valence electrons. The van der Waals surface area contributed by atoms with Crippen LogP contribution in [0.2, 0.25) is 0 Å². The number of benzene rings is 1. The molecule has 0 radical (unpaired) electrons. The fourth-order valence-corrected chi connectivity index (χ4v) is 1.72. The van der Waals surface area contributed by atoms with E-state index in [1.54, 1.807) is 24.3 Å². The second kappa shape index (κ2) is 5.03. The van der Waals surface area contributed by atoms with Crippen LogP contribution in [0.1, 0.15) is 16.2 Å². The highest BCUT2D eigenvalue weighted by molar-refractivity contribution is 7.35. The number of rotatable bonds is 4. The van der Waals surface area contributed by atoms with Gasteiger partial charge in [0.1, 0.15) is 0 Å².